The van der Waals surface area contributed by atoms with Crippen molar-refractivity contribution in [2.75, 3.05) is 33.2 Å². The largest absolute Gasteiger partial charge is 0.346 e. The lowest BCUT2D eigenvalue weighted by Gasteiger charge is -2.42. The van der Waals surface area contributed by atoms with E-state index in [1.54, 1.807) is 4.90 Å². The first kappa shape index (κ1) is 37.8. The molecule has 6 atom stereocenters. The summed E-state index contributed by atoms with van der Waals surface area (Å²) in [6.07, 6.45) is 3.64. The minimum absolute atomic E-state index is 0.0406. The molecule has 4 rings (SSSR count). The number of rotatable bonds is 13. The van der Waals surface area contributed by atoms with Gasteiger partial charge in [-0.15, -0.1) is 6.58 Å². The van der Waals surface area contributed by atoms with Crippen LogP contribution in [0.5, 0.6) is 0 Å². The second kappa shape index (κ2) is 13.7. The number of amides is 8. The van der Waals surface area contributed by atoms with Crippen LogP contribution >= 0.6 is 0 Å². The maximum Gasteiger partial charge on any atom is 0.324 e. The molecule has 4 N–H and O–H groups in total. The molecule has 2 aliphatic heterocycles. The summed E-state index contributed by atoms with van der Waals surface area (Å²) in [5.41, 5.74) is -1.53. The summed E-state index contributed by atoms with van der Waals surface area (Å²) < 4.78 is 0. The van der Waals surface area contributed by atoms with E-state index < -0.39 is 70.6 Å². The Morgan fingerprint density at radius 3 is 2.18 bits per heavy atom. The molecule has 14 nitrogen and oxygen atoms in total. The van der Waals surface area contributed by atoms with Crippen LogP contribution in [-0.2, 0) is 24.0 Å². The Labute approximate surface area is 289 Å². The average molecular weight is 686 g/mol. The first-order valence-electron chi connectivity index (χ1n) is 17.3. The van der Waals surface area contributed by atoms with E-state index in [2.05, 4.69) is 41.7 Å². The Balaban J connectivity index is 1.56. The van der Waals surface area contributed by atoms with Crippen LogP contribution in [0.25, 0.3) is 0 Å². The summed E-state index contributed by atoms with van der Waals surface area (Å²) in [5.74, 6) is -2.66. The predicted octanol–water partition coefficient (Wildman–Crippen LogP) is 1.65. The van der Waals surface area contributed by atoms with Gasteiger partial charge < -0.3 is 31.1 Å². The highest BCUT2D eigenvalue weighted by molar-refractivity contribution is 6.38. The molecule has 1 unspecified atom stereocenters. The number of likely N-dealkylation sites (N-methyl/N-ethyl adjacent to an activating group) is 1. The van der Waals surface area contributed by atoms with Crippen molar-refractivity contribution in [2.45, 2.75) is 98.8 Å². The Bertz CT molecular complexity index is 1380. The van der Waals surface area contributed by atoms with E-state index in [4.69, 9.17) is 0 Å². The molecule has 2 saturated heterocycles. The number of nitrogens with one attached hydrogen (secondary N) is 4. The number of fused-ring (bicyclic) bond motifs is 1. The van der Waals surface area contributed by atoms with Crippen molar-refractivity contribution < 1.29 is 33.6 Å². The molecule has 4 fully saturated rings. The van der Waals surface area contributed by atoms with E-state index in [1.165, 1.54) is 18.0 Å². The fraction of sp³-hybridized carbons (Fsp3) is 0.743. The van der Waals surface area contributed by atoms with E-state index in [1.807, 2.05) is 41.5 Å². The first-order chi connectivity index (χ1) is 22.6. The molecule has 0 aromatic rings. The van der Waals surface area contributed by atoms with Gasteiger partial charge in [-0.05, 0) is 40.4 Å². The maximum atomic E-state index is 14.6. The summed E-state index contributed by atoms with van der Waals surface area (Å²) in [5, 5.41) is 10.8. The average Bonchev–Trinajstić information content (AvgIpc) is 3.80. The molecular formula is C35H55N7O7. The van der Waals surface area contributed by atoms with E-state index >= 15 is 0 Å². The zero-order chi connectivity index (χ0) is 36.8. The van der Waals surface area contributed by atoms with Crippen molar-refractivity contribution >= 4 is 41.5 Å². The summed E-state index contributed by atoms with van der Waals surface area (Å²) in [6, 6.07) is -4.62. The molecule has 0 radical (unpaired) electrons. The Hall–Kier alpha value is -3.97. The number of ketones is 1. The van der Waals surface area contributed by atoms with Gasteiger partial charge in [-0.3, -0.25) is 28.9 Å². The van der Waals surface area contributed by atoms with E-state index in [0.29, 0.717) is 13.0 Å². The minimum Gasteiger partial charge on any atom is -0.346 e. The number of hydrogen-bond donors (Lipinski definition) is 4. The smallest absolute Gasteiger partial charge is 0.324 e. The number of hydrogen-bond acceptors (Lipinski definition) is 7. The fourth-order valence-corrected chi connectivity index (χ4v) is 7.40. The first-order valence-corrected chi connectivity index (χ1v) is 17.3. The summed E-state index contributed by atoms with van der Waals surface area (Å²) in [4.78, 5) is 96.9. The summed E-state index contributed by atoms with van der Waals surface area (Å²) >= 11 is 0. The van der Waals surface area contributed by atoms with E-state index in [-0.39, 0.29) is 48.7 Å². The van der Waals surface area contributed by atoms with Crippen LogP contribution in [0, 0.1) is 34.0 Å². The molecular weight excluding hydrogens is 630 g/mol. The molecule has 272 valence electrons. The quantitative estimate of drug-likeness (QED) is 0.129. The van der Waals surface area contributed by atoms with Crippen LogP contribution < -0.4 is 21.3 Å². The maximum absolute atomic E-state index is 14.6. The van der Waals surface area contributed by atoms with Gasteiger partial charge >= 0.3 is 12.1 Å². The number of Topliss-reactive ketones (excluding diaryl/α,β-unsaturated/α-hetero) is 1. The summed E-state index contributed by atoms with van der Waals surface area (Å²) in [7, 11) is 1.53. The number of piperidine rings is 1. The zero-order valence-electron chi connectivity index (χ0n) is 30.5. The highest BCUT2D eigenvalue weighted by Gasteiger charge is 2.70. The number of carbonyl (C=O) groups is 7. The molecule has 2 aliphatic carbocycles. The standard InChI is InChI=1S/C35H55N7O7/c1-11-14-36-29(46)26(44)21(15-19-12-13-19)38-28(45)25-24-20(35(24,8)9)17-42(25)30(47)27(34(5,6)7)40(10)32(49)39-22(33(2,3)4)18-41-23(43)16-37-31(41)48/h11,19-22,24-25,27H,1,12-18H2,2-10H3,(H,36,46)(H,37,48)(H,38,45)(H,39,49)/t20-,21?,22+,24-,25-,27+/m0/s1. The van der Waals surface area contributed by atoms with Crippen LogP contribution in [-0.4, -0.2) is 114 Å². The van der Waals surface area contributed by atoms with E-state index in [0.717, 1.165) is 17.7 Å². The van der Waals surface area contributed by atoms with Gasteiger partial charge in [0.25, 0.3) is 5.91 Å². The van der Waals surface area contributed by atoms with Crippen molar-refractivity contribution in [1.82, 2.24) is 36.0 Å². The van der Waals surface area contributed by atoms with Crippen molar-refractivity contribution in [1.29, 1.82) is 0 Å². The highest BCUT2D eigenvalue weighted by Crippen LogP contribution is 2.65. The minimum atomic E-state index is -1.02. The fourth-order valence-electron chi connectivity index (χ4n) is 7.40. The van der Waals surface area contributed by atoms with Crippen molar-refractivity contribution in [3.05, 3.63) is 12.7 Å². The number of urea groups is 2. The van der Waals surface area contributed by atoms with Crippen molar-refractivity contribution in [2.24, 2.45) is 34.0 Å². The van der Waals surface area contributed by atoms with Crippen LogP contribution in [0.3, 0.4) is 0 Å². The Morgan fingerprint density at radius 1 is 1.04 bits per heavy atom. The van der Waals surface area contributed by atoms with Crippen LogP contribution in [0.1, 0.15) is 74.7 Å². The van der Waals surface area contributed by atoms with Gasteiger partial charge in [-0.1, -0.05) is 74.3 Å². The van der Waals surface area contributed by atoms with Gasteiger partial charge in [0.05, 0.1) is 25.2 Å². The third kappa shape index (κ3) is 8.09. The van der Waals surface area contributed by atoms with Crippen LogP contribution in [0.4, 0.5) is 9.59 Å². The molecule has 0 aromatic heterocycles. The van der Waals surface area contributed by atoms with Gasteiger partial charge in [-0.2, -0.15) is 0 Å². The number of carbonyl (C=O) groups excluding carboxylic acids is 7. The highest BCUT2D eigenvalue weighted by atomic mass is 16.2. The predicted molar refractivity (Wildman–Crippen MR) is 182 cm³/mol. The molecule has 49 heavy (non-hydrogen) atoms. The normalized spacial score (nSPS) is 24.6. The topological polar surface area (TPSA) is 177 Å². The zero-order valence-corrected chi connectivity index (χ0v) is 30.5. The SMILES string of the molecule is C=CCNC(=O)C(=O)C(CC1CC1)NC(=O)[C@@H]1[C@@H]2[C@H](CN1C(=O)[C@@H](N(C)C(=O)N[C@H](CN1C(=O)CNC1=O)C(C)(C)C)C(C)(C)C)C2(C)C. The third-order valence-corrected chi connectivity index (χ3v) is 10.7. The van der Waals surface area contributed by atoms with Gasteiger partial charge in [0.1, 0.15) is 12.1 Å². The Kier molecular flexibility index (Phi) is 10.6. The lowest BCUT2D eigenvalue weighted by atomic mass is 9.84. The molecule has 2 saturated carbocycles. The molecule has 0 bridgehead atoms. The van der Waals surface area contributed by atoms with Crippen molar-refractivity contribution in [3.8, 4) is 0 Å². The molecule has 0 aromatic carbocycles. The van der Waals surface area contributed by atoms with Crippen LogP contribution in [0.15, 0.2) is 12.7 Å². The second-order valence-corrected chi connectivity index (χ2v) is 16.9. The third-order valence-electron chi connectivity index (χ3n) is 10.7. The second-order valence-electron chi connectivity index (χ2n) is 16.9. The number of nitrogens with zero attached hydrogens (tertiary/aromatic N) is 3. The van der Waals surface area contributed by atoms with Crippen molar-refractivity contribution in [3.63, 3.8) is 0 Å². The van der Waals surface area contributed by atoms with Gasteiger partial charge in [-0.25, -0.2) is 9.59 Å². The molecule has 4 aliphatic rings. The number of likely N-dealkylation sites (tertiary alicyclic amines) is 1. The summed E-state index contributed by atoms with van der Waals surface area (Å²) in [6.45, 7) is 19.1. The van der Waals surface area contributed by atoms with Crippen LogP contribution in [0.2, 0.25) is 0 Å². The molecule has 2 heterocycles. The van der Waals surface area contributed by atoms with Gasteiger partial charge in [0, 0.05) is 20.1 Å². The molecule has 0 spiro atoms. The monoisotopic (exact) mass is 685 g/mol. The number of imide groups is 1. The Morgan fingerprint density at radius 2 is 1.67 bits per heavy atom. The molecule has 8 amide bonds. The lowest BCUT2D eigenvalue weighted by Crippen LogP contribution is -2.63. The van der Waals surface area contributed by atoms with E-state index in [9.17, 15) is 33.6 Å². The van der Waals surface area contributed by atoms with Gasteiger partial charge in [0.2, 0.25) is 23.5 Å². The lowest BCUT2D eigenvalue weighted by molar-refractivity contribution is -0.147. The molecule has 14 heteroatoms. The van der Waals surface area contributed by atoms with Gasteiger partial charge in [0.15, 0.2) is 0 Å².